The van der Waals surface area contributed by atoms with Gasteiger partial charge in [-0.25, -0.2) is 4.79 Å². The molecule has 0 unspecified atom stereocenters. The Hall–Kier alpha value is -2.43. The first-order valence-corrected chi connectivity index (χ1v) is 5.02. The van der Waals surface area contributed by atoms with Gasteiger partial charge in [-0.2, -0.15) is 0 Å². The molecule has 5 nitrogen and oxygen atoms in total. The Morgan fingerprint density at radius 2 is 2.12 bits per heavy atom. The lowest BCUT2D eigenvalue weighted by Gasteiger charge is -1.79. The van der Waals surface area contributed by atoms with Crippen molar-refractivity contribution in [1.82, 2.24) is 15.4 Å². The Morgan fingerprint density at radius 1 is 1.35 bits per heavy atom. The van der Waals surface area contributed by atoms with Gasteiger partial charge in [-0.05, 0) is 19.1 Å². The van der Waals surface area contributed by atoms with E-state index in [-0.39, 0.29) is 0 Å². The minimum absolute atomic E-state index is 0.914. The largest absolute Gasteiger partial charge is 0.478 e. The number of nitrogens with zero attached hydrogens (tertiary/aromatic N) is 2. The second-order valence-electron chi connectivity index (χ2n) is 3.05. The summed E-state index contributed by atoms with van der Waals surface area (Å²) < 4.78 is 0. The Morgan fingerprint density at radius 3 is 2.76 bits per heavy atom. The number of aromatic amines is 1. The number of para-hydroxylation sites is 1. The van der Waals surface area contributed by atoms with E-state index < -0.39 is 5.97 Å². The maximum Gasteiger partial charge on any atom is 0.328 e. The summed E-state index contributed by atoms with van der Waals surface area (Å²) in [5.74, 6) is -0.914. The van der Waals surface area contributed by atoms with E-state index in [0.29, 0.717) is 0 Å². The van der Waals surface area contributed by atoms with E-state index in [9.17, 15) is 4.79 Å². The van der Waals surface area contributed by atoms with Gasteiger partial charge >= 0.3 is 5.97 Å². The second-order valence-corrected chi connectivity index (χ2v) is 3.05. The van der Waals surface area contributed by atoms with Crippen LogP contribution in [0.3, 0.4) is 0 Å². The standard InChI is InChI=1S/C6H5N3.C6H8O2/c1-2-4-6-5(3-1)7-9-8-6;1-2-3-4-5-6(7)8/h1-4H,(H,7,8,9);2-5H,1H3,(H,7,8). The van der Waals surface area contributed by atoms with Gasteiger partial charge in [-0.1, -0.05) is 35.6 Å². The zero-order valence-corrected chi connectivity index (χ0v) is 9.37. The average Bonchev–Trinajstić information content (AvgIpc) is 2.78. The SMILES string of the molecule is CC=CC=CC(=O)O.c1ccc2[nH]nnc2c1. The van der Waals surface area contributed by atoms with E-state index in [0.717, 1.165) is 17.1 Å². The average molecular weight is 231 g/mol. The highest BCUT2D eigenvalue weighted by Gasteiger charge is 1.90. The number of nitrogens with one attached hydrogen (secondary N) is 1. The summed E-state index contributed by atoms with van der Waals surface area (Å²) in [5, 5.41) is 18.2. The second kappa shape index (κ2) is 6.95. The number of rotatable bonds is 2. The molecule has 1 heterocycles. The number of carbonyl (C=O) groups is 1. The summed E-state index contributed by atoms with van der Waals surface area (Å²) in [4.78, 5) is 9.75. The van der Waals surface area contributed by atoms with Crippen LogP contribution in [-0.4, -0.2) is 26.5 Å². The number of allylic oxidation sites excluding steroid dienone is 3. The molecule has 2 aromatic rings. The molecule has 0 saturated heterocycles. The molecule has 17 heavy (non-hydrogen) atoms. The molecule has 1 aromatic heterocycles. The molecule has 88 valence electrons. The molecule has 0 atom stereocenters. The summed E-state index contributed by atoms with van der Waals surface area (Å²) >= 11 is 0. The fourth-order valence-electron chi connectivity index (χ4n) is 1.04. The number of benzene rings is 1. The first-order valence-electron chi connectivity index (χ1n) is 5.02. The minimum Gasteiger partial charge on any atom is -0.478 e. The van der Waals surface area contributed by atoms with Crippen LogP contribution < -0.4 is 0 Å². The molecule has 1 aromatic carbocycles. The van der Waals surface area contributed by atoms with Gasteiger partial charge in [-0.15, -0.1) is 5.10 Å². The zero-order valence-electron chi connectivity index (χ0n) is 9.37. The monoisotopic (exact) mass is 231 g/mol. The van der Waals surface area contributed by atoms with Gasteiger partial charge in [-0.3, -0.25) is 5.10 Å². The van der Waals surface area contributed by atoms with Crippen molar-refractivity contribution in [3.8, 4) is 0 Å². The van der Waals surface area contributed by atoms with E-state index >= 15 is 0 Å². The van der Waals surface area contributed by atoms with Crippen molar-refractivity contribution in [1.29, 1.82) is 0 Å². The number of carboxylic acid groups (broad SMARTS) is 1. The van der Waals surface area contributed by atoms with Crippen LogP contribution in [0.4, 0.5) is 0 Å². The van der Waals surface area contributed by atoms with Crippen LogP contribution in [0.5, 0.6) is 0 Å². The highest BCUT2D eigenvalue weighted by atomic mass is 16.4. The highest BCUT2D eigenvalue weighted by Crippen LogP contribution is 2.03. The van der Waals surface area contributed by atoms with E-state index in [1.54, 1.807) is 12.2 Å². The number of hydrogen-bond donors (Lipinski definition) is 2. The summed E-state index contributed by atoms with van der Waals surface area (Å²) in [6.07, 6.45) is 5.98. The Bertz CT molecular complexity index is 499. The van der Waals surface area contributed by atoms with Gasteiger partial charge < -0.3 is 5.11 Å². The van der Waals surface area contributed by atoms with Crippen LogP contribution in [-0.2, 0) is 4.79 Å². The topological polar surface area (TPSA) is 78.9 Å². The normalized spacial score (nSPS) is 10.6. The summed E-state index contributed by atoms with van der Waals surface area (Å²) in [5.41, 5.74) is 1.90. The van der Waals surface area contributed by atoms with Crippen LogP contribution >= 0.6 is 0 Å². The van der Waals surface area contributed by atoms with Gasteiger partial charge in [0.05, 0.1) is 5.52 Å². The lowest BCUT2D eigenvalue weighted by Crippen LogP contribution is -1.83. The predicted molar refractivity (Wildman–Crippen MR) is 65.5 cm³/mol. The molecule has 2 rings (SSSR count). The van der Waals surface area contributed by atoms with Gasteiger partial charge in [0.15, 0.2) is 0 Å². The van der Waals surface area contributed by atoms with Crippen LogP contribution in [0.15, 0.2) is 48.6 Å². The van der Waals surface area contributed by atoms with Crippen molar-refractivity contribution in [2.24, 2.45) is 0 Å². The minimum atomic E-state index is -0.914. The Kier molecular flexibility index (Phi) is 5.16. The molecule has 0 amide bonds. The number of H-pyrrole nitrogens is 1. The molecule has 0 aliphatic heterocycles. The number of hydrogen-bond acceptors (Lipinski definition) is 3. The summed E-state index contributed by atoms with van der Waals surface area (Å²) in [6.45, 7) is 1.83. The summed E-state index contributed by atoms with van der Waals surface area (Å²) in [6, 6.07) is 7.74. The van der Waals surface area contributed by atoms with E-state index in [2.05, 4.69) is 15.4 Å². The van der Waals surface area contributed by atoms with Crippen molar-refractivity contribution >= 4 is 17.0 Å². The lowest BCUT2D eigenvalue weighted by molar-refractivity contribution is -0.131. The first kappa shape index (κ1) is 12.6. The van der Waals surface area contributed by atoms with E-state index in [1.165, 1.54) is 6.08 Å². The van der Waals surface area contributed by atoms with Crippen LogP contribution in [0.1, 0.15) is 6.92 Å². The maximum atomic E-state index is 9.75. The third-order valence-electron chi connectivity index (χ3n) is 1.77. The van der Waals surface area contributed by atoms with Crippen molar-refractivity contribution in [2.45, 2.75) is 6.92 Å². The summed E-state index contributed by atoms with van der Waals surface area (Å²) in [7, 11) is 0. The Labute approximate surface area is 98.5 Å². The van der Waals surface area contributed by atoms with Crippen LogP contribution in [0.25, 0.3) is 11.0 Å². The molecule has 5 heteroatoms. The third-order valence-corrected chi connectivity index (χ3v) is 1.77. The number of aromatic nitrogens is 3. The molecule has 0 radical (unpaired) electrons. The fourth-order valence-corrected chi connectivity index (χ4v) is 1.04. The van der Waals surface area contributed by atoms with Crippen molar-refractivity contribution in [3.05, 3.63) is 48.6 Å². The Balaban J connectivity index is 0.000000172. The fraction of sp³-hybridized carbons (Fsp3) is 0.0833. The van der Waals surface area contributed by atoms with Gasteiger partial charge in [0.2, 0.25) is 0 Å². The highest BCUT2D eigenvalue weighted by molar-refractivity contribution is 5.80. The van der Waals surface area contributed by atoms with Crippen molar-refractivity contribution in [3.63, 3.8) is 0 Å². The van der Waals surface area contributed by atoms with E-state index in [4.69, 9.17) is 5.11 Å². The molecule has 0 saturated carbocycles. The van der Waals surface area contributed by atoms with Crippen molar-refractivity contribution in [2.75, 3.05) is 0 Å². The molecular weight excluding hydrogens is 218 g/mol. The van der Waals surface area contributed by atoms with Gasteiger partial charge in [0, 0.05) is 6.08 Å². The smallest absolute Gasteiger partial charge is 0.328 e. The molecular formula is C12H13N3O2. The molecule has 2 N–H and O–H groups in total. The van der Waals surface area contributed by atoms with Crippen molar-refractivity contribution < 1.29 is 9.90 Å². The number of fused-ring (bicyclic) bond motifs is 1. The lowest BCUT2D eigenvalue weighted by atomic mass is 10.3. The molecule has 0 spiro atoms. The first-order chi connectivity index (χ1) is 8.24. The van der Waals surface area contributed by atoms with Crippen LogP contribution in [0, 0.1) is 0 Å². The zero-order chi connectivity index (χ0) is 12.5. The van der Waals surface area contributed by atoms with Gasteiger partial charge in [0.25, 0.3) is 0 Å². The number of aliphatic carboxylic acids is 1. The molecule has 0 fully saturated rings. The molecule has 0 aliphatic rings. The predicted octanol–water partition coefficient (Wildman–Crippen LogP) is 2.16. The molecule has 0 bridgehead atoms. The van der Waals surface area contributed by atoms with Crippen LogP contribution in [0.2, 0.25) is 0 Å². The molecule has 0 aliphatic carbocycles. The quantitative estimate of drug-likeness (QED) is 0.613. The maximum absolute atomic E-state index is 9.75. The number of carboxylic acids is 1. The third kappa shape index (κ3) is 4.74. The van der Waals surface area contributed by atoms with E-state index in [1.807, 2.05) is 31.2 Å². The van der Waals surface area contributed by atoms with Gasteiger partial charge in [0.1, 0.15) is 5.52 Å².